The van der Waals surface area contributed by atoms with Gasteiger partial charge in [0.05, 0.1) is 0 Å². The lowest BCUT2D eigenvalue weighted by Crippen LogP contribution is -2.26. The maximum absolute atomic E-state index is 11.8. The Morgan fingerprint density at radius 2 is 2.33 bits per heavy atom. The van der Waals surface area contributed by atoms with Gasteiger partial charge < -0.3 is 10.6 Å². The van der Waals surface area contributed by atoms with E-state index in [0.29, 0.717) is 16.5 Å². The number of rotatable bonds is 4. The average molecular weight is 289 g/mol. The summed E-state index contributed by atoms with van der Waals surface area (Å²) in [5.74, 6) is 0.660. The zero-order chi connectivity index (χ0) is 12.1. The van der Waals surface area contributed by atoms with Crippen molar-refractivity contribution in [3.63, 3.8) is 0 Å². The first-order chi connectivity index (χ1) is 8.25. The third kappa shape index (κ3) is 4.48. The molecule has 1 unspecified atom stereocenters. The summed E-state index contributed by atoms with van der Waals surface area (Å²) >= 11 is 5.84. The molecule has 5 heteroatoms. The van der Waals surface area contributed by atoms with Crippen LogP contribution in [0.15, 0.2) is 24.3 Å². The van der Waals surface area contributed by atoms with E-state index >= 15 is 0 Å². The average Bonchev–Trinajstić information content (AvgIpc) is 2.82. The second-order valence-electron chi connectivity index (χ2n) is 4.41. The zero-order valence-corrected chi connectivity index (χ0v) is 11.7. The van der Waals surface area contributed by atoms with Crippen LogP contribution >= 0.6 is 24.0 Å². The highest BCUT2D eigenvalue weighted by Crippen LogP contribution is 2.12. The van der Waals surface area contributed by atoms with Crippen LogP contribution in [-0.2, 0) is 0 Å². The number of carbonyl (C=O) groups excluding carboxylic acids is 1. The van der Waals surface area contributed by atoms with Crippen molar-refractivity contribution in [2.45, 2.75) is 12.8 Å². The Morgan fingerprint density at radius 3 is 3.00 bits per heavy atom. The number of nitrogens with one attached hydrogen (secondary N) is 2. The molecular weight excluding hydrogens is 271 g/mol. The van der Waals surface area contributed by atoms with Crippen LogP contribution in [0.4, 0.5) is 0 Å². The topological polar surface area (TPSA) is 41.1 Å². The monoisotopic (exact) mass is 288 g/mol. The summed E-state index contributed by atoms with van der Waals surface area (Å²) in [5, 5.41) is 6.84. The van der Waals surface area contributed by atoms with Gasteiger partial charge in [-0.15, -0.1) is 12.4 Å². The molecule has 1 aliphatic heterocycles. The molecule has 1 saturated heterocycles. The summed E-state index contributed by atoms with van der Waals surface area (Å²) in [6.07, 6.45) is 2.26. The van der Waals surface area contributed by atoms with E-state index in [4.69, 9.17) is 11.6 Å². The molecule has 0 aliphatic carbocycles. The van der Waals surface area contributed by atoms with E-state index in [1.807, 2.05) is 0 Å². The van der Waals surface area contributed by atoms with Crippen molar-refractivity contribution >= 4 is 29.9 Å². The van der Waals surface area contributed by atoms with Crippen molar-refractivity contribution in [2.24, 2.45) is 5.92 Å². The maximum Gasteiger partial charge on any atom is 0.251 e. The molecule has 1 fully saturated rings. The molecule has 3 nitrogen and oxygen atoms in total. The standard InChI is InChI=1S/C13H17ClN2O.ClH/c14-12-3-1-2-11(8-12)13(17)16-7-5-10-4-6-15-9-10;/h1-3,8,10,15H,4-7,9H2,(H,16,17);1H. The highest BCUT2D eigenvalue weighted by atomic mass is 35.5. The van der Waals surface area contributed by atoms with Gasteiger partial charge in [0, 0.05) is 17.1 Å². The lowest BCUT2D eigenvalue weighted by atomic mass is 10.1. The second kappa shape index (κ2) is 7.62. The Hall–Kier alpha value is -0.770. The summed E-state index contributed by atoms with van der Waals surface area (Å²) in [4.78, 5) is 11.8. The lowest BCUT2D eigenvalue weighted by Gasteiger charge is -2.09. The van der Waals surface area contributed by atoms with Gasteiger partial charge in [0.1, 0.15) is 0 Å². The largest absolute Gasteiger partial charge is 0.352 e. The molecule has 1 aromatic carbocycles. The number of benzene rings is 1. The number of halogens is 2. The molecular formula is C13H18Cl2N2O. The number of amides is 1. The molecule has 18 heavy (non-hydrogen) atoms. The first-order valence-electron chi connectivity index (χ1n) is 6.00. The summed E-state index contributed by atoms with van der Waals surface area (Å²) in [7, 11) is 0. The predicted molar refractivity (Wildman–Crippen MR) is 76.6 cm³/mol. The summed E-state index contributed by atoms with van der Waals surface area (Å²) in [6, 6.07) is 7.02. The van der Waals surface area contributed by atoms with Crippen LogP contribution in [0.2, 0.25) is 5.02 Å². The van der Waals surface area contributed by atoms with Crippen LogP contribution in [0.3, 0.4) is 0 Å². The second-order valence-corrected chi connectivity index (χ2v) is 4.85. The van der Waals surface area contributed by atoms with Crippen molar-refractivity contribution in [3.05, 3.63) is 34.9 Å². The molecule has 2 rings (SSSR count). The van der Waals surface area contributed by atoms with Crippen molar-refractivity contribution in [1.29, 1.82) is 0 Å². The predicted octanol–water partition coefficient (Wildman–Crippen LogP) is 2.49. The highest BCUT2D eigenvalue weighted by Gasteiger charge is 2.14. The SMILES string of the molecule is Cl.O=C(NCCC1CCNC1)c1cccc(Cl)c1. The molecule has 0 spiro atoms. The summed E-state index contributed by atoms with van der Waals surface area (Å²) < 4.78 is 0. The molecule has 1 heterocycles. The zero-order valence-electron chi connectivity index (χ0n) is 10.1. The minimum Gasteiger partial charge on any atom is -0.352 e. The Bertz CT molecular complexity index is 392. The van der Waals surface area contributed by atoms with Gasteiger partial charge in [-0.05, 0) is 50.0 Å². The normalized spacial score (nSPS) is 18.2. The van der Waals surface area contributed by atoms with Crippen LogP contribution in [0.25, 0.3) is 0 Å². The first kappa shape index (κ1) is 15.3. The van der Waals surface area contributed by atoms with Gasteiger partial charge in [0.2, 0.25) is 0 Å². The molecule has 0 bridgehead atoms. The fraction of sp³-hybridized carbons (Fsp3) is 0.462. The lowest BCUT2D eigenvalue weighted by molar-refractivity contribution is 0.0951. The fourth-order valence-corrected chi connectivity index (χ4v) is 2.27. The van der Waals surface area contributed by atoms with Crippen molar-refractivity contribution in [1.82, 2.24) is 10.6 Å². The molecule has 0 saturated carbocycles. The summed E-state index contributed by atoms with van der Waals surface area (Å²) in [5.41, 5.74) is 0.627. The minimum absolute atomic E-state index is 0. The Labute approximate surface area is 119 Å². The smallest absolute Gasteiger partial charge is 0.251 e. The molecule has 1 aromatic rings. The summed E-state index contributed by atoms with van der Waals surface area (Å²) in [6.45, 7) is 2.91. The van der Waals surface area contributed by atoms with Crippen molar-refractivity contribution in [2.75, 3.05) is 19.6 Å². The van der Waals surface area contributed by atoms with Crippen molar-refractivity contribution in [3.8, 4) is 0 Å². The van der Waals surface area contributed by atoms with E-state index in [9.17, 15) is 4.79 Å². The molecule has 0 radical (unpaired) electrons. The van der Waals surface area contributed by atoms with E-state index in [1.165, 1.54) is 6.42 Å². The van der Waals surface area contributed by atoms with E-state index in [0.717, 1.165) is 26.1 Å². The number of hydrogen-bond donors (Lipinski definition) is 2. The van der Waals surface area contributed by atoms with Crippen LogP contribution in [-0.4, -0.2) is 25.5 Å². The Balaban J connectivity index is 0.00000162. The van der Waals surface area contributed by atoms with Gasteiger partial charge in [-0.3, -0.25) is 4.79 Å². The van der Waals surface area contributed by atoms with Crippen LogP contribution in [0, 0.1) is 5.92 Å². The van der Waals surface area contributed by atoms with E-state index < -0.39 is 0 Å². The molecule has 2 N–H and O–H groups in total. The van der Waals surface area contributed by atoms with E-state index in [-0.39, 0.29) is 18.3 Å². The van der Waals surface area contributed by atoms with E-state index in [1.54, 1.807) is 24.3 Å². The number of carbonyl (C=O) groups is 1. The number of hydrogen-bond acceptors (Lipinski definition) is 2. The molecule has 1 aliphatic rings. The first-order valence-corrected chi connectivity index (χ1v) is 6.38. The van der Waals surface area contributed by atoms with Crippen LogP contribution < -0.4 is 10.6 Å². The van der Waals surface area contributed by atoms with Crippen LogP contribution in [0.1, 0.15) is 23.2 Å². The van der Waals surface area contributed by atoms with Gasteiger partial charge in [-0.25, -0.2) is 0 Å². The van der Waals surface area contributed by atoms with Gasteiger partial charge in [-0.2, -0.15) is 0 Å². The molecule has 1 amide bonds. The third-order valence-corrected chi connectivity index (χ3v) is 3.32. The molecule has 0 aromatic heterocycles. The van der Waals surface area contributed by atoms with Gasteiger partial charge in [-0.1, -0.05) is 17.7 Å². The van der Waals surface area contributed by atoms with Gasteiger partial charge in [0.15, 0.2) is 0 Å². The Kier molecular flexibility index (Phi) is 6.47. The van der Waals surface area contributed by atoms with Gasteiger partial charge >= 0.3 is 0 Å². The van der Waals surface area contributed by atoms with Crippen LogP contribution in [0.5, 0.6) is 0 Å². The highest BCUT2D eigenvalue weighted by molar-refractivity contribution is 6.30. The quantitative estimate of drug-likeness (QED) is 0.894. The fourth-order valence-electron chi connectivity index (χ4n) is 2.08. The molecule has 1 atom stereocenters. The van der Waals surface area contributed by atoms with Crippen molar-refractivity contribution < 1.29 is 4.79 Å². The third-order valence-electron chi connectivity index (χ3n) is 3.09. The van der Waals surface area contributed by atoms with E-state index in [2.05, 4.69) is 10.6 Å². The maximum atomic E-state index is 11.8. The van der Waals surface area contributed by atoms with Gasteiger partial charge in [0.25, 0.3) is 5.91 Å². The minimum atomic E-state index is -0.0431. The molecule has 100 valence electrons. The Morgan fingerprint density at radius 1 is 1.50 bits per heavy atom.